The van der Waals surface area contributed by atoms with E-state index < -0.39 is 0 Å². The molecule has 0 N–H and O–H groups in total. The zero-order valence-corrected chi connectivity index (χ0v) is 11.0. The largest absolute Gasteiger partial charge is 0.490 e. The standard InChI is InChI=1S/C15H17FN2O/c1-2-3-4-9-19-14-10-17-15(18-11-14)12-5-7-13(16)8-6-12/h5-8,10-11H,2-4,9H2,1H3. The summed E-state index contributed by atoms with van der Waals surface area (Å²) in [7, 11) is 0. The molecule has 1 aromatic carbocycles. The van der Waals surface area contributed by atoms with E-state index in [1.807, 2.05) is 0 Å². The van der Waals surface area contributed by atoms with Crippen molar-refractivity contribution < 1.29 is 9.13 Å². The summed E-state index contributed by atoms with van der Waals surface area (Å²) < 4.78 is 18.3. The van der Waals surface area contributed by atoms with E-state index in [-0.39, 0.29) is 5.82 Å². The van der Waals surface area contributed by atoms with Crippen molar-refractivity contribution in [1.82, 2.24) is 9.97 Å². The lowest BCUT2D eigenvalue weighted by molar-refractivity contribution is 0.304. The molecule has 0 radical (unpaired) electrons. The lowest BCUT2D eigenvalue weighted by Crippen LogP contribution is -1.98. The fourth-order valence-electron chi connectivity index (χ4n) is 1.68. The Labute approximate surface area is 112 Å². The average molecular weight is 260 g/mol. The number of nitrogens with zero attached hydrogens (tertiary/aromatic N) is 2. The van der Waals surface area contributed by atoms with E-state index in [2.05, 4.69) is 16.9 Å². The number of aromatic nitrogens is 2. The van der Waals surface area contributed by atoms with Gasteiger partial charge in [-0.1, -0.05) is 19.8 Å². The minimum Gasteiger partial charge on any atom is -0.490 e. The van der Waals surface area contributed by atoms with Crippen LogP contribution in [0.1, 0.15) is 26.2 Å². The molecule has 0 unspecified atom stereocenters. The van der Waals surface area contributed by atoms with Crippen molar-refractivity contribution in [2.75, 3.05) is 6.61 Å². The summed E-state index contributed by atoms with van der Waals surface area (Å²) in [4.78, 5) is 8.44. The van der Waals surface area contributed by atoms with Crippen LogP contribution in [0.25, 0.3) is 11.4 Å². The molecule has 0 saturated carbocycles. The molecule has 19 heavy (non-hydrogen) atoms. The van der Waals surface area contributed by atoms with Crippen molar-refractivity contribution in [1.29, 1.82) is 0 Å². The first-order valence-electron chi connectivity index (χ1n) is 6.50. The predicted molar refractivity (Wildman–Crippen MR) is 72.4 cm³/mol. The molecule has 0 aliphatic rings. The number of hydrogen-bond acceptors (Lipinski definition) is 3. The van der Waals surface area contributed by atoms with Crippen LogP contribution < -0.4 is 4.74 Å². The average Bonchev–Trinajstić information content (AvgIpc) is 2.45. The van der Waals surface area contributed by atoms with Crippen molar-refractivity contribution in [3.05, 3.63) is 42.5 Å². The van der Waals surface area contributed by atoms with Crippen LogP contribution in [0.15, 0.2) is 36.7 Å². The van der Waals surface area contributed by atoms with Gasteiger partial charge in [-0.25, -0.2) is 14.4 Å². The molecule has 1 heterocycles. The Morgan fingerprint density at radius 1 is 1.05 bits per heavy atom. The van der Waals surface area contributed by atoms with Crippen molar-refractivity contribution in [2.45, 2.75) is 26.2 Å². The zero-order valence-electron chi connectivity index (χ0n) is 11.0. The Morgan fingerprint density at radius 3 is 2.37 bits per heavy atom. The summed E-state index contributed by atoms with van der Waals surface area (Å²) in [6.07, 6.45) is 6.67. The maximum atomic E-state index is 12.8. The molecule has 0 fully saturated rings. The molecule has 4 heteroatoms. The molecular formula is C15H17FN2O. The summed E-state index contributed by atoms with van der Waals surface area (Å²) >= 11 is 0. The maximum absolute atomic E-state index is 12.8. The molecule has 100 valence electrons. The molecule has 3 nitrogen and oxygen atoms in total. The fraction of sp³-hybridized carbons (Fsp3) is 0.333. The normalized spacial score (nSPS) is 10.4. The van der Waals surface area contributed by atoms with Crippen molar-refractivity contribution in [2.24, 2.45) is 0 Å². The molecular weight excluding hydrogens is 243 g/mol. The summed E-state index contributed by atoms with van der Waals surface area (Å²) in [5, 5.41) is 0. The number of rotatable bonds is 6. The fourth-order valence-corrected chi connectivity index (χ4v) is 1.68. The van der Waals surface area contributed by atoms with Gasteiger partial charge in [-0.15, -0.1) is 0 Å². The van der Waals surface area contributed by atoms with Gasteiger partial charge >= 0.3 is 0 Å². The Balaban J connectivity index is 1.96. The lowest BCUT2D eigenvalue weighted by atomic mass is 10.2. The third-order valence-corrected chi connectivity index (χ3v) is 2.75. The van der Waals surface area contributed by atoms with Gasteiger partial charge in [0.1, 0.15) is 5.82 Å². The summed E-state index contributed by atoms with van der Waals surface area (Å²) in [5.74, 6) is 0.975. The van der Waals surface area contributed by atoms with Gasteiger partial charge in [0.05, 0.1) is 19.0 Å². The van der Waals surface area contributed by atoms with E-state index in [9.17, 15) is 4.39 Å². The summed E-state index contributed by atoms with van der Waals surface area (Å²) in [5.41, 5.74) is 0.791. The molecule has 2 aromatic rings. The number of halogens is 1. The van der Waals surface area contributed by atoms with Crippen LogP contribution in [0.2, 0.25) is 0 Å². The topological polar surface area (TPSA) is 35.0 Å². The third kappa shape index (κ3) is 4.02. The smallest absolute Gasteiger partial charge is 0.159 e. The van der Waals surface area contributed by atoms with Gasteiger partial charge in [0.25, 0.3) is 0 Å². The monoisotopic (exact) mass is 260 g/mol. The van der Waals surface area contributed by atoms with Crippen molar-refractivity contribution in [3.63, 3.8) is 0 Å². The van der Waals surface area contributed by atoms with E-state index in [1.165, 1.54) is 18.6 Å². The molecule has 2 rings (SSSR count). The third-order valence-electron chi connectivity index (χ3n) is 2.75. The maximum Gasteiger partial charge on any atom is 0.159 e. The highest BCUT2D eigenvalue weighted by molar-refractivity contribution is 5.54. The van der Waals surface area contributed by atoms with Crippen molar-refractivity contribution in [3.8, 4) is 17.1 Å². The van der Waals surface area contributed by atoms with E-state index in [0.717, 1.165) is 18.4 Å². The Bertz CT molecular complexity index is 497. The SMILES string of the molecule is CCCCCOc1cnc(-c2ccc(F)cc2)nc1. The Kier molecular flexibility index (Phi) is 4.84. The highest BCUT2D eigenvalue weighted by Gasteiger charge is 2.02. The van der Waals surface area contributed by atoms with Crippen LogP contribution in [-0.4, -0.2) is 16.6 Å². The van der Waals surface area contributed by atoms with E-state index in [1.54, 1.807) is 24.5 Å². The first kappa shape index (κ1) is 13.5. The quantitative estimate of drug-likeness (QED) is 0.740. The summed E-state index contributed by atoms with van der Waals surface area (Å²) in [6, 6.07) is 6.11. The number of benzene rings is 1. The van der Waals surface area contributed by atoms with Crippen LogP contribution in [0, 0.1) is 5.82 Å². The second-order valence-corrected chi connectivity index (χ2v) is 4.30. The van der Waals surface area contributed by atoms with E-state index in [0.29, 0.717) is 18.2 Å². The molecule has 1 aromatic heterocycles. The zero-order chi connectivity index (χ0) is 13.5. The number of hydrogen-bond donors (Lipinski definition) is 0. The van der Waals surface area contributed by atoms with Crippen molar-refractivity contribution >= 4 is 0 Å². The van der Waals surface area contributed by atoms with Crippen LogP contribution in [0.5, 0.6) is 5.75 Å². The molecule has 0 aliphatic heterocycles. The minimum absolute atomic E-state index is 0.264. The van der Waals surface area contributed by atoms with Crippen LogP contribution >= 0.6 is 0 Å². The second-order valence-electron chi connectivity index (χ2n) is 4.30. The highest BCUT2D eigenvalue weighted by Crippen LogP contribution is 2.17. The summed E-state index contributed by atoms with van der Waals surface area (Å²) in [6.45, 7) is 2.84. The predicted octanol–water partition coefficient (Wildman–Crippen LogP) is 3.85. The number of unbranched alkanes of at least 4 members (excludes halogenated alkanes) is 2. The van der Waals surface area contributed by atoms with Gasteiger partial charge in [-0.2, -0.15) is 0 Å². The first-order valence-corrected chi connectivity index (χ1v) is 6.50. The Morgan fingerprint density at radius 2 is 1.74 bits per heavy atom. The lowest BCUT2D eigenvalue weighted by Gasteiger charge is -2.05. The van der Waals surface area contributed by atoms with Gasteiger partial charge in [0, 0.05) is 5.56 Å². The molecule has 0 spiro atoms. The molecule has 0 atom stereocenters. The van der Waals surface area contributed by atoms with Crippen LogP contribution in [0.4, 0.5) is 4.39 Å². The first-order chi connectivity index (χ1) is 9.29. The highest BCUT2D eigenvalue weighted by atomic mass is 19.1. The van der Waals surface area contributed by atoms with E-state index >= 15 is 0 Å². The van der Waals surface area contributed by atoms with Gasteiger partial charge in [-0.3, -0.25) is 0 Å². The minimum atomic E-state index is -0.264. The van der Waals surface area contributed by atoms with E-state index in [4.69, 9.17) is 4.74 Å². The molecule has 0 aliphatic carbocycles. The number of ether oxygens (including phenoxy) is 1. The Hall–Kier alpha value is -1.97. The molecule has 0 bridgehead atoms. The second kappa shape index (κ2) is 6.83. The van der Waals surface area contributed by atoms with Crippen LogP contribution in [-0.2, 0) is 0 Å². The van der Waals surface area contributed by atoms with Crippen LogP contribution in [0.3, 0.4) is 0 Å². The van der Waals surface area contributed by atoms with Gasteiger partial charge in [0.15, 0.2) is 11.6 Å². The van der Waals surface area contributed by atoms with Gasteiger partial charge < -0.3 is 4.74 Å². The molecule has 0 amide bonds. The molecule has 0 saturated heterocycles. The van der Waals surface area contributed by atoms with Gasteiger partial charge in [-0.05, 0) is 30.7 Å². The van der Waals surface area contributed by atoms with Gasteiger partial charge in [0.2, 0.25) is 0 Å².